The average molecular weight is 330 g/mol. The molecule has 2 saturated heterocycles. The van der Waals surface area contributed by atoms with Gasteiger partial charge in [0.05, 0.1) is 6.61 Å². The molecule has 2 aromatic rings. The van der Waals surface area contributed by atoms with Crippen LogP contribution in [-0.2, 0) is 4.74 Å². The smallest absolute Gasteiger partial charge is 0.178 e. The second-order valence-corrected chi connectivity index (χ2v) is 7.22. The molecule has 0 aromatic carbocycles. The van der Waals surface area contributed by atoms with Crippen molar-refractivity contribution >= 4 is 11.5 Å². The molecule has 2 fully saturated rings. The SMILES string of the molecule is CN(C)c1ccc2nnc(C3CCN(CC4CCOC4)CC3)n2n1. The van der Waals surface area contributed by atoms with E-state index in [9.17, 15) is 0 Å². The van der Waals surface area contributed by atoms with E-state index < -0.39 is 0 Å². The van der Waals surface area contributed by atoms with Gasteiger partial charge in [-0.3, -0.25) is 0 Å². The molecule has 0 radical (unpaired) electrons. The Morgan fingerprint density at radius 2 is 2.00 bits per heavy atom. The molecule has 0 N–H and O–H groups in total. The predicted octanol–water partition coefficient (Wildman–Crippen LogP) is 1.41. The zero-order valence-electron chi connectivity index (χ0n) is 14.6. The third-order valence-corrected chi connectivity index (χ3v) is 5.22. The van der Waals surface area contributed by atoms with Crippen LogP contribution in [0.5, 0.6) is 0 Å². The molecule has 0 spiro atoms. The lowest BCUT2D eigenvalue weighted by atomic mass is 9.95. The summed E-state index contributed by atoms with van der Waals surface area (Å²) in [5.74, 6) is 3.11. The van der Waals surface area contributed by atoms with Crippen LogP contribution in [0.1, 0.15) is 31.0 Å². The van der Waals surface area contributed by atoms with Gasteiger partial charge in [-0.05, 0) is 50.4 Å². The van der Waals surface area contributed by atoms with Gasteiger partial charge in [0.25, 0.3) is 0 Å². The van der Waals surface area contributed by atoms with E-state index in [-0.39, 0.29) is 0 Å². The first-order valence-electron chi connectivity index (χ1n) is 8.90. The highest BCUT2D eigenvalue weighted by Crippen LogP contribution is 2.28. The zero-order valence-corrected chi connectivity index (χ0v) is 14.6. The third kappa shape index (κ3) is 3.10. The number of fused-ring (bicyclic) bond motifs is 1. The maximum absolute atomic E-state index is 5.50. The first-order chi connectivity index (χ1) is 11.7. The summed E-state index contributed by atoms with van der Waals surface area (Å²) < 4.78 is 7.43. The summed E-state index contributed by atoms with van der Waals surface area (Å²) in [4.78, 5) is 4.59. The fourth-order valence-corrected chi connectivity index (χ4v) is 3.76. The van der Waals surface area contributed by atoms with Crippen molar-refractivity contribution in [1.82, 2.24) is 24.7 Å². The van der Waals surface area contributed by atoms with Gasteiger partial charge < -0.3 is 14.5 Å². The van der Waals surface area contributed by atoms with E-state index in [0.717, 1.165) is 62.4 Å². The summed E-state index contributed by atoms with van der Waals surface area (Å²) in [5, 5.41) is 13.4. The van der Waals surface area contributed by atoms with Crippen LogP contribution in [0.25, 0.3) is 5.65 Å². The number of nitrogens with zero attached hydrogens (tertiary/aromatic N) is 6. The van der Waals surface area contributed by atoms with Crippen molar-refractivity contribution in [2.24, 2.45) is 5.92 Å². The maximum atomic E-state index is 5.50. The Morgan fingerprint density at radius 1 is 1.17 bits per heavy atom. The molecule has 2 aromatic heterocycles. The molecular weight excluding hydrogens is 304 g/mol. The minimum absolute atomic E-state index is 0.445. The van der Waals surface area contributed by atoms with E-state index in [0.29, 0.717) is 5.92 Å². The van der Waals surface area contributed by atoms with Gasteiger partial charge in [0.2, 0.25) is 0 Å². The van der Waals surface area contributed by atoms with Crippen LogP contribution in [-0.4, -0.2) is 71.7 Å². The number of likely N-dealkylation sites (tertiary alicyclic amines) is 1. The molecule has 1 atom stereocenters. The van der Waals surface area contributed by atoms with E-state index >= 15 is 0 Å². The molecule has 0 aliphatic carbocycles. The largest absolute Gasteiger partial charge is 0.381 e. The van der Waals surface area contributed by atoms with E-state index in [2.05, 4.69) is 15.1 Å². The molecule has 7 nitrogen and oxygen atoms in total. The lowest BCUT2D eigenvalue weighted by Gasteiger charge is -2.32. The van der Waals surface area contributed by atoms with Gasteiger partial charge in [-0.1, -0.05) is 0 Å². The van der Waals surface area contributed by atoms with E-state index in [4.69, 9.17) is 9.84 Å². The predicted molar refractivity (Wildman–Crippen MR) is 92.5 cm³/mol. The van der Waals surface area contributed by atoms with Crippen LogP contribution in [0.3, 0.4) is 0 Å². The first kappa shape index (κ1) is 15.8. The number of rotatable bonds is 4. The monoisotopic (exact) mass is 330 g/mol. The number of aromatic nitrogens is 4. The first-order valence-corrected chi connectivity index (χ1v) is 8.90. The normalized spacial score (nSPS) is 23.2. The van der Waals surface area contributed by atoms with E-state index in [1.54, 1.807) is 0 Å². The summed E-state index contributed by atoms with van der Waals surface area (Å²) >= 11 is 0. The maximum Gasteiger partial charge on any atom is 0.178 e. The summed E-state index contributed by atoms with van der Waals surface area (Å²) in [6.07, 6.45) is 3.47. The number of hydrogen-bond acceptors (Lipinski definition) is 6. The molecule has 4 rings (SSSR count). The zero-order chi connectivity index (χ0) is 16.5. The van der Waals surface area contributed by atoms with Crippen LogP contribution in [0.15, 0.2) is 12.1 Å². The Morgan fingerprint density at radius 3 is 2.71 bits per heavy atom. The van der Waals surface area contributed by atoms with Gasteiger partial charge in [0, 0.05) is 33.2 Å². The van der Waals surface area contributed by atoms with Crippen molar-refractivity contribution in [2.45, 2.75) is 25.2 Å². The Bertz CT molecular complexity index is 685. The van der Waals surface area contributed by atoms with E-state index in [1.807, 2.05) is 35.6 Å². The molecule has 2 aliphatic heterocycles. The lowest BCUT2D eigenvalue weighted by Crippen LogP contribution is -2.37. The molecular formula is C17H26N6O. The highest BCUT2D eigenvalue weighted by atomic mass is 16.5. The summed E-state index contributed by atoms with van der Waals surface area (Å²) in [5.41, 5.74) is 0.834. The second kappa shape index (κ2) is 6.64. The molecule has 0 bridgehead atoms. The van der Waals surface area contributed by atoms with Crippen LogP contribution < -0.4 is 4.90 Å². The lowest BCUT2D eigenvalue weighted by molar-refractivity contribution is 0.151. The summed E-state index contributed by atoms with van der Waals surface area (Å²) in [6.45, 7) is 5.31. The second-order valence-electron chi connectivity index (χ2n) is 7.22. The van der Waals surface area contributed by atoms with Crippen molar-refractivity contribution in [3.05, 3.63) is 18.0 Å². The number of hydrogen-bond donors (Lipinski definition) is 0. The van der Waals surface area contributed by atoms with Crippen molar-refractivity contribution in [3.63, 3.8) is 0 Å². The molecule has 2 aliphatic rings. The van der Waals surface area contributed by atoms with Crippen LogP contribution >= 0.6 is 0 Å². The van der Waals surface area contributed by atoms with Crippen molar-refractivity contribution in [2.75, 3.05) is 51.8 Å². The van der Waals surface area contributed by atoms with Crippen LogP contribution in [0.4, 0.5) is 5.82 Å². The van der Waals surface area contributed by atoms with Gasteiger partial charge in [0.1, 0.15) is 5.82 Å². The third-order valence-electron chi connectivity index (χ3n) is 5.22. The minimum Gasteiger partial charge on any atom is -0.381 e. The fourth-order valence-electron chi connectivity index (χ4n) is 3.76. The van der Waals surface area contributed by atoms with Crippen LogP contribution in [0.2, 0.25) is 0 Å². The highest BCUT2D eigenvalue weighted by Gasteiger charge is 2.27. The van der Waals surface area contributed by atoms with Crippen molar-refractivity contribution in [3.8, 4) is 0 Å². The van der Waals surface area contributed by atoms with Crippen molar-refractivity contribution < 1.29 is 4.74 Å². The minimum atomic E-state index is 0.445. The molecule has 0 saturated carbocycles. The van der Waals surface area contributed by atoms with Gasteiger partial charge >= 0.3 is 0 Å². The Hall–Kier alpha value is -1.73. The van der Waals surface area contributed by atoms with Gasteiger partial charge in [-0.15, -0.1) is 15.3 Å². The molecule has 130 valence electrons. The van der Waals surface area contributed by atoms with Crippen LogP contribution in [0, 0.1) is 5.92 Å². The van der Waals surface area contributed by atoms with Crippen molar-refractivity contribution in [1.29, 1.82) is 0 Å². The number of ether oxygens (including phenoxy) is 1. The van der Waals surface area contributed by atoms with Gasteiger partial charge in [-0.2, -0.15) is 4.52 Å². The van der Waals surface area contributed by atoms with Gasteiger partial charge in [0.15, 0.2) is 11.5 Å². The fraction of sp³-hybridized carbons (Fsp3) is 0.706. The molecule has 0 amide bonds. The Kier molecular flexibility index (Phi) is 4.37. The Balaban J connectivity index is 1.45. The molecule has 7 heteroatoms. The topological polar surface area (TPSA) is 58.8 Å². The molecule has 1 unspecified atom stereocenters. The Labute approximate surface area is 142 Å². The number of piperidine rings is 1. The summed E-state index contributed by atoms with van der Waals surface area (Å²) in [6, 6.07) is 3.98. The quantitative estimate of drug-likeness (QED) is 0.845. The van der Waals surface area contributed by atoms with E-state index in [1.165, 1.54) is 13.0 Å². The van der Waals surface area contributed by atoms with Gasteiger partial charge in [-0.25, -0.2) is 0 Å². The molecule has 4 heterocycles. The highest BCUT2D eigenvalue weighted by molar-refractivity contribution is 5.45. The average Bonchev–Trinajstić information content (AvgIpc) is 3.24. The molecule has 24 heavy (non-hydrogen) atoms. The number of anilines is 1. The summed E-state index contributed by atoms with van der Waals surface area (Å²) in [7, 11) is 4.01. The standard InChI is InChI=1S/C17H26N6O/c1-21(2)16-4-3-15-18-19-17(23(15)20-16)14-5-8-22(9-6-14)11-13-7-10-24-12-13/h3-4,13-14H,5-12H2,1-2H3.